The summed E-state index contributed by atoms with van der Waals surface area (Å²) in [4.78, 5) is 11.2. The van der Waals surface area contributed by atoms with Crippen molar-refractivity contribution in [3.05, 3.63) is 35.4 Å². The first kappa shape index (κ1) is 12.0. The van der Waals surface area contributed by atoms with Crippen LogP contribution in [0.3, 0.4) is 0 Å². The molecule has 1 saturated heterocycles. The second-order valence-electron chi connectivity index (χ2n) is 3.96. The van der Waals surface area contributed by atoms with Gasteiger partial charge in [0.1, 0.15) is 0 Å². The molecule has 2 rings (SSSR count). The molecule has 17 heavy (non-hydrogen) atoms. The zero-order valence-electron chi connectivity index (χ0n) is 9.69. The van der Waals surface area contributed by atoms with Gasteiger partial charge in [0.15, 0.2) is 0 Å². The SMILES string of the molecule is NC(=O)c1ccccc1CNN1CCOCC1. The lowest BCUT2D eigenvalue weighted by atomic mass is 10.1. The molecule has 1 amide bonds. The Kier molecular flexibility index (Phi) is 4.08. The molecular formula is C12H17N3O2. The topological polar surface area (TPSA) is 67.6 Å². The van der Waals surface area contributed by atoms with E-state index in [1.807, 2.05) is 18.2 Å². The number of hydrogen-bond acceptors (Lipinski definition) is 4. The highest BCUT2D eigenvalue weighted by molar-refractivity contribution is 5.94. The Labute approximate surface area is 101 Å². The van der Waals surface area contributed by atoms with Crippen LogP contribution in [-0.4, -0.2) is 37.2 Å². The molecule has 0 aliphatic carbocycles. The zero-order valence-corrected chi connectivity index (χ0v) is 9.69. The largest absolute Gasteiger partial charge is 0.379 e. The number of nitrogens with two attached hydrogens (primary N) is 1. The third-order valence-corrected chi connectivity index (χ3v) is 2.79. The Morgan fingerprint density at radius 2 is 2.06 bits per heavy atom. The molecule has 0 saturated carbocycles. The first-order valence-electron chi connectivity index (χ1n) is 5.71. The smallest absolute Gasteiger partial charge is 0.249 e. The average molecular weight is 235 g/mol. The summed E-state index contributed by atoms with van der Waals surface area (Å²) in [5, 5.41) is 2.10. The van der Waals surface area contributed by atoms with E-state index >= 15 is 0 Å². The van der Waals surface area contributed by atoms with Crippen LogP contribution < -0.4 is 11.2 Å². The molecule has 1 aliphatic rings. The van der Waals surface area contributed by atoms with E-state index in [9.17, 15) is 4.79 Å². The Bertz CT molecular complexity index is 389. The zero-order chi connectivity index (χ0) is 12.1. The molecule has 1 aromatic rings. The Balaban J connectivity index is 1.96. The van der Waals surface area contributed by atoms with Gasteiger partial charge in [-0.25, -0.2) is 5.01 Å². The first-order chi connectivity index (χ1) is 8.27. The summed E-state index contributed by atoms with van der Waals surface area (Å²) in [6.45, 7) is 3.81. The first-order valence-corrected chi connectivity index (χ1v) is 5.71. The number of hydrogen-bond donors (Lipinski definition) is 2. The van der Waals surface area contributed by atoms with Crippen molar-refractivity contribution in [3.8, 4) is 0 Å². The normalized spacial score (nSPS) is 16.9. The van der Waals surface area contributed by atoms with Crippen LogP contribution in [0, 0.1) is 0 Å². The maximum absolute atomic E-state index is 11.2. The fourth-order valence-corrected chi connectivity index (χ4v) is 1.83. The number of nitrogens with zero attached hydrogens (tertiary/aromatic N) is 1. The molecule has 92 valence electrons. The second kappa shape index (κ2) is 5.77. The maximum Gasteiger partial charge on any atom is 0.249 e. The van der Waals surface area contributed by atoms with Gasteiger partial charge >= 0.3 is 0 Å². The molecular weight excluding hydrogens is 218 g/mol. The van der Waals surface area contributed by atoms with E-state index in [4.69, 9.17) is 10.5 Å². The summed E-state index contributed by atoms with van der Waals surface area (Å²) in [7, 11) is 0. The summed E-state index contributed by atoms with van der Waals surface area (Å²) in [5.74, 6) is -0.385. The molecule has 0 atom stereocenters. The van der Waals surface area contributed by atoms with Crippen molar-refractivity contribution in [1.82, 2.24) is 10.4 Å². The van der Waals surface area contributed by atoms with Crippen LogP contribution in [0.15, 0.2) is 24.3 Å². The summed E-state index contributed by atoms with van der Waals surface area (Å²) in [5.41, 5.74) is 10.1. The fourth-order valence-electron chi connectivity index (χ4n) is 1.83. The van der Waals surface area contributed by atoms with Crippen molar-refractivity contribution in [3.63, 3.8) is 0 Å². The number of nitrogens with one attached hydrogen (secondary N) is 1. The molecule has 1 aliphatic heterocycles. The van der Waals surface area contributed by atoms with E-state index in [-0.39, 0.29) is 5.91 Å². The van der Waals surface area contributed by atoms with Crippen molar-refractivity contribution in [2.24, 2.45) is 5.73 Å². The molecule has 1 fully saturated rings. The Morgan fingerprint density at radius 3 is 2.76 bits per heavy atom. The third kappa shape index (κ3) is 3.26. The second-order valence-corrected chi connectivity index (χ2v) is 3.96. The van der Waals surface area contributed by atoms with Gasteiger partial charge in [0.2, 0.25) is 5.91 Å². The van der Waals surface area contributed by atoms with Gasteiger partial charge in [0, 0.05) is 25.2 Å². The van der Waals surface area contributed by atoms with Crippen molar-refractivity contribution in [2.75, 3.05) is 26.3 Å². The van der Waals surface area contributed by atoms with Gasteiger partial charge in [-0.2, -0.15) is 0 Å². The predicted molar refractivity (Wildman–Crippen MR) is 64.2 cm³/mol. The van der Waals surface area contributed by atoms with E-state index in [0.717, 1.165) is 31.9 Å². The summed E-state index contributed by atoms with van der Waals surface area (Å²) in [6, 6.07) is 7.38. The molecule has 0 unspecified atom stereocenters. The minimum absolute atomic E-state index is 0.385. The van der Waals surface area contributed by atoms with Gasteiger partial charge in [0.25, 0.3) is 0 Å². The molecule has 5 nitrogen and oxygen atoms in total. The number of amides is 1. The summed E-state index contributed by atoms with van der Waals surface area (Å²) >= 11 is 0. The molecule has 3 N–H and O–H groups in total. The lowest BCUT2D eigenvalue weighted by Crippen LogP contribution is -2.45. The van der Waals surface area contributed by atoms with Gasteiger partial charge < -0.3 is 10.5 Å². The summed E-state index contributed by atoms with van der Waals surface area (Å²) in [6.07, 6.45) is 0. The van der Waals surface area contributed by atoms with Crippen LogP contribution in [0.2, 0.25) is 0 Å². The number of morpholine rings is 1. The fraction of sp³-hybridized carbons (Fsp3) is 0.417. The van der Waals surface area contributed by atoms with Gasteiger partial charge in [-0.3, -0.25) is 10.2 Å². The molecule has 0 radical (unpaired) electrons. The van der Waals surface area contributed by atoms with Gasteiger partial charge in [-0.05, 0) is 11.6 Å². The van der Waals surface area contributed by atoms with Crippen LogP contribution in [0.5, 0.6) is 0 Å². The van der Waals surface area contributed by atoms with E-state index in [1.54, 1.807) is 6.07 Å². The summed E-state index contributed by atoms with van der Waals surface area (Å²) < 4.78 is 5.26. The van der Waals surface area contributed by atoms with Crippen LogP contribution in [0.1, 0.15) is 15.9 Å². The van der Waals surface area contributed by atoms with E-state index < -0.39 is 0 Å². The maximum atomic E-state index is 11.2. The van der Waals surface area contributed by atoms with Crippen LogP contribution in [0.4, 0.5) is 0 Å². The molecule has 1 aromatic carbocycles. The van der Waals surface area contributed by atoms with E-state index in [1.165, 1.54) is 0 Å². The number of benzene rings is 1. The number of hydrazine groups is 1. The Hall–Kier alpha value is -1.43. The highest BCUT2D eigenvalue weighted by Crippen LogP contribution is 2.08. The number of carbonyl (C=O) groups excluding carboxylic acids is 1. The molecule has 0 aromatic heterocycles. The van der Waals surface area contributed by atoms with Crippen molar-refractivity contribution in [2.45, 2.75) is 6.54 Å². The number of primary amides is 1. The standard InChI is InChI=1S/C12H17N3O2/c13-12(16)11-4-2-1-3-10(11)9-14-15-5-7-17-8-6-15/h1-4,14H,5-9H2,(H2,13,16). The molecule has 0 bridgehead atoms. The number of carbonyl (C=O) groups is 1. The van der Waals surface area contributed by atoms with Crippen LogP contribution in [0.25, 0.3) is 0 Å². The minimum Gasteiger partial charge on any atom is -0.379 e. The Morgan fingerprint density at radius 1 is 1.35 bits per heavy atom. The lowest BCUT2D eigenvalue weighted by molar-refractivity contribution is 0.0105. The minimum atomic E-state index is -0.385. The van der Waals surface area contributed by atoms with Crippen LogP contribution >= 0.6 is 0 Å². The highest BCUT2D eigenvalue weighted by Gasteiger charge is 2.11. The molecule has 1 heterocycles. The predicted octanol–water partition coefficient (Wildman–Crippen LogP) is 0.122. The quantitative estimate of drug-likeness (QED) is 0.778. The van der Waals surface area contributed by atoms with Gasteiger partial charge in [-0.15, -0.1) is 0 Å². The average Bonchev–Trinajstić information content (AvgIpc) is 2.38. The number of rotatable bonds is 4. The van der Waals surface area contributed by atoms with Crippen molar-refractivity contribution in [1.29, 1.82) is 0 Å². The highest BCUT2D eigenvalue weighted by atomic mass is 16.5. The monoisotopic (exact) mass is 235 g/mol. The van der Waals surface area contributed by atoms with Crippen molar-refractivity contribution < 1.29 is 9.53 Å². The third-order valence-electron chi connectivity index (χ3n) is 2.79. The van der Waals surface area contributed by atoms with Gasteiger partial charge in [-0.1, -0.05) is 18.2 Å². The van der Waals surface area contributed by atoms with E-state index in [0.29, 0.717) is 12.1 Å². The van der Waals surface area contributed by atoms with Crippen molar-refractivity contribution >= 4 is 5.91 Å². The van der Waals surface area contributed by atoms with Crippen LogP contribution in [-0.2, 0) is 11.3 Å². The number of ether oxygens (including phenoxy) is 1. The van der Waals surface area contributed by atoms with Gasteiger partial charge in [0.05, 0.1) is 13.2 Å². The molecule has 5 heteroatoms. The van der Waals surface area contributed by atoms with E-state index in [2.05, 4.69) is 10.4 Å². The molecule has 0 spiro atoms. The lowest BCUT2D eigenvalue weighted by Gasteiger charge is -2.27.